The van der Waals surface area contributed by atoms with Gasteiger partial charge in [0.15, 0.2) is 9.84 Å². The monoisotopic (exact) mass is 608 g/mol. The first-order chi connectivity index (χ1) is 18.2. The minimum absolute atomic E-state index is 0.0558. The van der Waals surface area contributed by atoms with Crippen LogP contribution in [0.1, 0.15) is 30.9 Å². The van der Waals surface area contributed by atoms with E-state index < -0.39 is 39.7 Å². The highest BCUT2D eigenvalue weighted by Crippen LogP contribution is 2.36. The Labute approximate surface area is 231 Å². The number of likely N-dealkylation sites (tertiary alicyclic amines) is 1. The van der Waals surface area contributed by atoms with Crippen LogP contribution in [0.15, 0.2) is 38.8 Å². The van der Waals surface area contributed by atoms with Crippen molar-refractivity contribution in [2.24, 2.45) is 5.73 Å². The number of ether oxygens (including phenoxy) is 1. The number of sulfone groups is 1. The maximum Gasteiger partial charge on any atom is 0.573 e. The Balaban J connectivity index is 1.88. The van der Waals surface area contributed by atoms with Gasteiger partial charge in [-0.3, -0.25) is 14.3 Å². The van der Waals surface area contributed by atoms with E-state index in [4.69, 9.17) is 28.9 Å². The number of nitrogens with one attached hydrogen (secondary N) is 1. The second-order valence-corrected chi connectivity index (χ2v) is 12.3. The predicted octanol–water partition coefficient (Wildman–Crippen LogP) is 3.66. The third-order valence-electron chi connectivity index (χ3n) is 6.49. The fourth-order valence-electron chi connectivity index (χ4n) is 4.64. The van der Waals surface area contributed by atoms with Crippen molar-refractivity contribution in [3.05, 3.63) is 66.3 Å². The first-order valence-corrected chi connectivity index (χ1v) is 14.3. The number of aromatic nitrogens is 2. The fourth-order valence-corrected chi connectivity index (χ4v) is 6.24. The molecular formula is C24H25Cl2F3N4O5S. The molecule has 1 aliphatic heterocycles. The summed E-state index contributed by atoms with van der Waals surface area (Å²) in [4.78, 5) is 30.6. The molecule has 212 valence electrons. The van der Waals surface area contributed by atoms with Gasteiger partial charge in [0.2, 0.25) is 0 Å². The van der Waals surface area contributed by atoms with E-state index in [0.717, 1.165) is 18.9 Å². The van der Waals surface area contributed by atoms with E-state index in [2.05, 4.69) is 9.72 Å². The van der Waals surface area contributed by atoms with Crippen LogP contribution >= 0.6 is 23.2 Å². The van der Waals surface area contributed by atoms with E-state index in [1.807, 2.05) is 4.90 Å². The molecule has 4 rings (SSSR count). The Morgan fingerprint density at radius 2 is 1.90 bits per heavy atom. The van der Waals surface area contributed by atoms with E-state index in [1.54, 1.807) is 0 Å². The van der Waals surface area contributed by atoms with Crippen molar-refractivity contribution >= 4 is 43.9 Å². The van der Waals surface area contributed by atoms with Gasteiger partial charge in [0, 0.05) is 29.7 Å². The van der Waals surface area contributed by atoms with Crippen LogP contribution in [0.5, 0.6) is 5.75 Å². The van der Waals surface area contributed by atoms with Crippen LogP contribution in [0.25, 0.3) is 10.9 Å². The van der Waals surface area contributed by atoms with Crippen LogP contribution in [0, 0.1) is 0 Å². The van der Waals surface area contributed by atoms with Gasteiger partial charge in [0.1, 0.15) is 5.75 Å². The normalized spacial score (nSPS) is 17.1. The van der Waals surface area contributed by atoms with Gasteiger partial charge in [-0.05, 0) is 49.2 Å². The van der Waals surface area contributed by atoms with Gasteiger partial charge in [-0.1, -0.05) is 30.1 Å². The number of fused-ring (bicyclic) bond motifs is 1. The maximum atomic E-state index is 13.4. The van der Waals surface area contributed by atoms with Crippen molar-refractivity contribution in [1.29, 1.82) is 0 Å². The first-order valence-electron chi connectivity index (χ1n) is 11.9. The molecule has 3 N–H and O–H groups in total. The van der Waals surface area contributed by atoms with E-state index in [9.17, 15) is 31.2 Å². The number of hydrogen-bond donors (Lipinski definition) is 2. The lowest BCUT2D eigenvalue weighted by molar-refractivity contribution is -0.274. The Bertz CT molecular complexity index is 1640. The fraction of sp³-hybridized carbons (Fsp3) is 0.417. The second kappa shape index (κ2) is 11.1. The summed E-state index contributed by atoms with van der Waals surface area (Å²) in [5, 5.41) is -0.458. The molecule has 1 atom stereocenters. The SMILES string of the molecule is CCS(=O)(=O)c1ccc(Cl)cc1Cn1c(=O)[nH]c2c(Cl)c(CN3CCC[C@H](N)C3)c(OC(F)(F)F)cc2c1=O. The summed E-state index contributed by atoms with van der Waals surface area (Å²) in [6.07, 6.45) is -3.58. The molecule has 2 aromatic carbocycles. The summed E-state index contributed by atoms with van der Waals surface area (Å²) >= 11 is 12.5. The second-order valence-electron chi connectivity index (χ2n) is 9.25. The summed E-state index contributed by atoms with van der Waals surface area (Å²) in [5.74, 6) is -0.935. The average Bonchev–Trinajstić information content (AvgIpc) is 2.84. The van der Waals surface area contributed by atoms with Crippen molar-refractivity contribution in [2.75, 3.05) is 18.8 Å². The van der Waals surface area contributed by atoms with Crippen LogP contribution in [0.2, 0.25) is 10.0 Å². The Morgan fingerprint density at radius 1 is 1.18 bits per heavy atom. The minimum atomic E-state index is -5.09. The van der Waals surface area contributed by atoms with Crippen molar-refractivity contribution in [2.45, 2.75) is 50.2 Å². The van der Waals surface area contributed by atoms with Crippen LogP contribution in [-0.4, -0.2) is 54.1 Å². The van der Waals surface area contributed by atoms with Gasteiger partial charge in [0.25, 0.3) is 5.56 Å². The molecule has 39 heavy (non-hydrogen) atoms. The molecule has 2 heterocycles. The summed E-state index contributed by atoms with van der Waals surface area (Å²) in [6, 6.07) is 4.65. The molecule has 0 amide bonds. The highest BCUT2D eigenvalue weighted by atomic mass is 35.5. The lowest BCUT2D eigenvalue weighted by Gasteiger charge is -2.31. The number of halogens is 5. The van der Waals surface area contributed by atoms with E-state index in [0.29, 0.717) is 17.7 Å². The van der Waals surface area contributed by atoms with Crippen LogP contribution in [-0.2, 0) is 22.9 Å². The van der Waals surface area contributed by atoms with E-state index in [1.165, 1.54) is 25.1 Å². The number of benzene rings is 2. The molecule has 0 saturated carbocycles. The standard InChI is InChI=1S/C24H25Cl2F3N4O5S/c1-2-39(36,37)19-6-5-14(25)8-13(19)10-33-22(34)16-9-18(38-24(27,28)29)17(20(26)21(16)31-23(33)35)12-32-7-3-4-15(30)11-32/h5-6,8-9,15H,2-4,7,10-12,30H2,1H3,(H,31,35)/t15-/m0/s1. The highest BCUT2D eigenvalue weighted by molar-refractivity contribution is 7.91. The quantitative estimate of drug-likeness (QED) is 0.419. The molecule has 0 radical (unpaired) electrons. The van der Waals surface area contributed by atoms with Crippen molar-refractivity contribution < 1.29 is 26.3 Å². The van der Waals surface area contributed by atoms with Crippen molar-refractivity contribution in [3.63, 3.8) is 0 Å². The third-order valence-corrected chi connectivity index (χ3v) is 8.98. The number of aromatic amines is 1. The molecule has 9 nitrogen and oxygen atoms in total. The zero-order valence-corrected chi connectivity index (χ0v) is 23.0. The smallest absolute Gasteiger partial charge is 0.405 e. The van der Waals surface area contributed by atoms with E-state index in [-0.39, 0.29) is 55.3 Å². The molecule has 0 spiro atoms. The predicted molar refractivity (Wildman–Crippen MR) is 141 cm³/mol. The number of piperidine rings is 1. The molecular weight excluding hydrogens is 584 g/mol. The van der Waals surface area contributed by atoms with Gasteiger partial charge in [-0.2, -0.15) is 0 Å². The van der Waals surface area contributed by atoms with Crippen LogP contribution in [0.4, 0.5) is 13.2 Å². The number of nitrogens with zero attached hydrogens (tertiary/aromatic N) is 2. The van der Waals surface area contributed by atoms with E-state index >= 15 is 0 Å². The largest absolute Gasteiger partial charge is 0.573 e. The molecule has 1 aromatic heterocycles. The number of rotatable bonds is 7. The van der Waals surface area contributed by atoms with Gasteiger partial charge in [-0.15, -0.1) is 13.2 Å². The Hall–Kier alpha value is -2.58. The summed E-state index contributed by atoms with van der Waals surface area (Å²) in [6.45, 7) is 1.84. The topological polar surface area (TPSA) is 127 Å². The number of hydrogen-bond acceptors (Lipinski definition) is 7. The highest BCUT2D eigenvalue weighted by Gasteiger charge is 2.34. The molecule has 1 saturated heterocycles. The molecule has 0 bridgehead atoms. The lowest BCUT2D eigenvalue weighted by atomic mass is 10.0. The van der Waals surface area contributed by atoms with Gasteiger partial charge >= 0.3 is 12.1 Å². The Morgan fingerprint density at radius 3 is 2.54 bits per heavy atom. The zero-order valence-electron chi connectivity index (χ0n) is 20.6. The zero-order chi connectivity index (χ0) is 28.7. The first kappa shape index (κ1) is 29.4. The average molecular weight is 609 g/mol. The molecule has 15 heteroatoms. The molecule has 1 fully saturated rings. The lowest BCUT2D eigenvalue weighted by Crippen LogP contribution is -2.42. The maximum absolute atomic E-state index is 13.4. The van der Waals surface area contributed by atoms with Crippen molar-refractivity contribution in [1.82, 2.24) is 14.5 Å². The third kappa shape index (κ3) is 6.43. The summed E-state index contributed by atoms with van der Waals surface area (Å²) in [5.41, 5.74) is 3.90. The van der Waals surface area contributed by atoms with Crippen molar-refractivity contribution in [3.8, 4) is 5.75 Å². The molecule has 3 aromatic rings. The number of H-pyrrole nitrogens is 1. The van der Waals surface area contributed by atoms with Gasteiger partial charge in [-0.25, -0.2) is 13.2 Å². The van der Waals surface area contributed by atoms with Crippen LogP contribution < -0.4 is 21.7 Å². The summed E-state index contributed by atoms with van der Waals surface area (Å²) < 4.78 is 70.1. The molecule has 0 aliphatic carbocycles. The minimum Gasteiger partial charge on any atom is -0.405 e. The van der Waals surface area contributed by atoms with Gasteiger partial charge in [0.05, 0.1) is 33.1 Å². The van der Waals surface area contributed by atoms with Crippen LogP contribution in [0.3, 0.4) is 0 Å². The number of alkyl halides is 3. The molecule has 0 unspecified atom stereocenters. The Kier molecular flexibility index (Phi) is 8.39. The number of nitrogens with two attached hydrogens (primary N) is 1. The summed E-state index contributed by atoms with van der Waals surface area (Å²) in [7, 11) is -3.76. The molecule has 1 aliphatic rings. The van der Waals surface area contributed by atoms with Gasteiger partial charge < -0.3 is 15.5 Å².